The van der Waals surface area contributed by atoms with Crippen LogP contribution in [0.4, 0.5) is 0 Å². The van der Waals surface area contributed by atoms with Crippen LogP contribution < -0.4 is 5.32 Å². The number of carboxylic acids is 1. The summed E-state index contributed by atoms with van der Waals surface area (Å²) in [4.78, 5) is 15.2. The molecule has 1 fully saturated rings. The van der Waals surface area contributed by atoms with Crippen LogP contribution in [0.15, 0.2) is 12.1 Å². The Balaban J connectivity index is 1.81. The van der Waals surface area contributed by atoms with E-state index in [-0.39, 0.29) is 6.42 Å². The van der Waals surface area contributed by atoms with Crippen LogP contribution in [-0.4, -0.2) is 42.2 Å². The van der Waals surface area contributed by atoms with E-state index in [9.17, 15) is 4.79 Å². The van der Waals surface area contributed by atoms with E-state index < -0.39 is 5.97 Å². The summed E-state index contributed by atoms with van der Waals surface area (Å²) in [7, 11) is 2.17. The number of thiophene rings is 1. The molecule has 4 nitrogen and oxygen atoms in total. The van der Waals surface area contributed by atoms with Gasteiger partial charge in [-0.1, -0.05) is 6.92 Å². The van der Waals surface area contributed by atoms with E-state index in [0.29, 0.717) is 12.0 Å². The van der Waals surface area contributed by atoms with E-state index in [0.717, 1.165) is 24.5 Å². The van der Waals surface area contributed by atoms with Gasteiger partial charge in [0.2, 0.25) is 0 Å². The lowest BCUT2D eigenvalue weighted by molar-refractivity contribution is -0.136. The fraction of sp³-hybridized carbons (Fsp3) is 0.643. The van der Waals surface area contributed by atoms with Crippen LogP contribution in [0.2, 0.25) is 0 Å². The summed E-state index contributed by atoms with van der Waals surface area (Å²) in [5, 5.41) is 12.4. The van der Waals surface area contributed by atoms with Crippen molar-refractivity contribution in [3.63, 3.8) is 0 Å². The zero-order valence-corrected chi connectivity index (χ0v) is 12.4. The minimum Gasteiger partial charge on any atom is -0.481 e. The predicted octanol–water partition coefficient (Wildman–Crippen LogP) is 1.80. The third-order valence-corrected chi connectivity index (χ3v) is 4.77. The van der Waals surface area contributed by atoms with E-state index in [1.165, 1.54) is 11.3 Å². The van der Waals surface area contributed by atoms with E-state index in [1.807, 2.05) is 12.1 Å². The van der Waals surface area contributed by atoms with Crippen molar-refractivity contribution < 1.29 is 9.90 Å². The van der Waals surface area contributed by atoms with Gasteiger partial charge in [-0.2, -0.15) is 0 Å². The molecule has 19 heavy (non-hydrogen) atoms. The Hall–Kier alpha value is -0.910. The Morgan fingerprint density at radius 1 is 1.53 bits per heavy atom. The highest BCUT2D eigenvalue weighted by atomic mass is 32.1. The van der Waals surface area contributed by atoms with Gasteiger partial charge in [-0.05, 0) is 38.1 Å². The molecule has 5 heteroatoms. The summed E-state index contributed by atoms with van der Waals surface area (Å²) < 4.78 is 0. The third-order valence-electron chi connectivity index (χ3n) is 3.69. The van der Waals surface area contributed by atoms with E-state index >= 15 is 0 Å². The number of nitrogens with zero attached hydrogens (tertiary/aromatic N) is 1. The smallest absolute Gasteiger partial charge is 0.308 e. The molecule has 2 heterocycles. The first-order valence-electron chi connectivity index (χ1n) is 6.76. The van der Waals surface area contributed by atoms with Gasteiger partial charge >= 0.3 is 5.97 Å². The SMILES string of the molecule is CC1CN(C)CCC1NCc1ccc(CC(=O)O)s1. The number of carboxylic acid groups (broad SMARTS) is 1. The van der Waals surface area contributed by atoms with Crippen LogP contribution in [0.25, 0.3) is 0 Å². The lowest BCUT2D eigenvalue weighted by atomic mass is 9.94. The Kier molecular flexibility index (Phi) is 4.96. The van der Waals surface area contributed by atoms with Gasteiger partial charge < -0.3 is 15.3 Å². The largest absolute Gasteiger partial charge is 0.481 e. The molecule has 2 unspecified atom stereocenters. The van der Waals surface area contributed by atoms with E-state index in [1.54, 1.807) is 11.3 Å². The molecule has 1 saturated heterocycles. The molecule has 0 aromatic carbocycles. The monoisotopic (exact) mass is 282 g/mol. The minimum absolute atomic E-state index is 0.134. The maximum Gasteiger partial charge on any atom is 0.308 e. The second-order valence-corrected chi connectivity index (χ2v) is 6.71. The molecular weight excluding hydrogens is 260 g/mol. The second kappa shape index (κ2) is 6.50. The number of nitrogens with one attached hydrogen (secondary N) is 1. The van der Waals surface area contributed by atoms with Crippen LogP contribution >= 0.6 is 11.3 Å². The van der Waals surface area contributed by atoms with Gasteiger partial charge in [-0.15, -0.1) is 11.3 Å². The van der Waals surface area contributed by atoms with Gasteiger partial charge in [0.05, 0.1) is 6.42 Å². The van der Waals surface area contributed by atoms with E-state index in [4.69, 9.17) is 5.11 Å². The molecule has 0 bridgehead atoms. The van der Waals surface area contributed by atoms with Crippen LogP contribution in [0, 0.1) is 5.92 Å². The molecule has 0 spiro atoms. The van der Waals surface area contributed by atoms with Crippen molar-refractivity contribution in [1.29, 1.82) is 0 Å². The molecule has 0 saturated carbocycles. The van der Waals surface area contributed by atoms with Crippen molar-refractivity contribution in [2.24, 2.45) is 5.92 Å². The maximum atomic E-state index is 10.6. The number of likely N-dealkylation sites (tertiary alicyclic amines) is 1. The van der Waals surface area contributed by atoms with Crippen LogP contribution in [0.5, 0.6) is 0 Å². The Morgan fingerprint density at radius 3 is 2.95 bits per heavy atom. The van der Waals surface area contributed by atoms with Crippen molar-refractivity contribution in [2.45, 2.75) is 32.4 Å². The summed E-state index contributed by atoms with van der Waals surface area (Å²) >= 11 is 1.60. The molecule has 0 amide bonds. The van der Waals surface area contributed by atoms with Gasteiger partial charge in [-0.25, -0.2) is 0 Å². The molecular formula is C14H22N2O2S. The average molecular weight is 282 g/mol. The number of aliphatic carboxylic acids is 1. The predicted molar refractivity (Wildman–Crippen MR) is 77.6 cm³/mol. The molecule has 106 valence electrons. The highest BCUT2D eigenvalue weighted by Crippen LogP contribution is 2.19. The lowest BCUT2D eigenvalue weighted by Gasteiger charge is -2.35. The topological polar surface area (TPSA) is 52.6 Å². The van der Waals surface area contributed by atoms with Gasteiger partial charge in [0, 0.05) is 28.9 Å². The van der Waals surface area contributed by atoms with E-state index in [2.05, 4.69) is 24.2 Å². The molecule has 1 aromatic heterocycles. The normalized spacial score (nSPS) is 24.5. The summed E-state index contributed by atoms with van der Waals surface area (Å²) in [6.45, 7) is 5.43. The standard InChI is InChI=1S/C14H22N2O2S/c1-10-9-16(2)6-5-13(10)15-8-12-4-3-11(19-12)7-14(17)18/h3-4,10,13,15H,5-9H2,1-2H3,(H,17,18). The first kappa shape index (κ1) is 14.5. The molecule has 0 radical (unpaired) electrons. The fourth-order valence-corrected chi connectivity index (χ4v) is 3.61. The molecule has 1 aromatic rings. The number of hydrogen-bond donors (Lipinski definition) is 2. The van der Waals surface area contributed by atoms with Gasteiger partial charge in [0.25, 0.3) is 0 Å². The summed E-state index contributed by atoms with van der Waals surface area (Å²) in [6, 6.07) is 4.53. The van der Waals surface area contributed by atoms with Crippen LogP contribution in [-0.2, 0) is 17.8 Å². The van der Waals surface area contributed by atoms with Crippen LogP contribution in [0.1, 0.15) is 23.1 Å². The van der Waals surface area contributed by atoms with Crippen molar-refractivity contribution in [2.75, 3.05) is 20.1 Å². The minimum atomic E-state index is -0.759. The summed E-state index contributed by atoms with van der Waals surface area (Å²) in [6.07, 6.45) is 1.32. The first-order valence-corrected chi connectivity index (χ1v) is 7.57. The Labute approximate surface area is 118 Å². The summed E-state index contributed by atoms with van der Waals surface area (Å²) in [5.41, 5.74) is 0. The first-order chi connectivity index (χ1) is 9.04. The zero-order valence-electron chi connectivity index (χ0n) is 11.6. The fourth-order valence-electron chi connectivity index (χ4n) is 2.65. The Morgan fingerprint density at radius 2 is 2.26 bits per heavy atom. The molecule has 2 atom stereocenters. The van der Waals surface area contributed by atoms with Crippen molar-refractivity contribution in [1.82, 2.24) is 10.2 Å². The average Bonchev–Trinajstić information content (AvgIpc) is 2.74. The highest BCUT2D eigenvalue weighted by Gasteiger charge is 2.23. The number of piperidine rings is 1. The molecule has 1 aliphatic rings. The summed E-state index contributed by atoms with van der Waals surface area (Å²) in [5.74, 6) is -0.0949. The van der Waals surface area contributed by atoms with Crippen LogP contribution in [0.3, 0.4) is 0 Å². The molecule has 1 aliphatic heterocycles. The molecule has 2 N–H and O–H groups in total. The molecule has 2 rings (SSSR count). The zero-order chi connectivity index (χ0) is 13.8. The maximum absolute atomic E-state index is 10.6. The quantitative estimate of drug-likeness (QED) is 0.865. The number of rotatable bonds is 5. The number of carbonyl (C=O) groups is 1. The van der Waals surface area contributed by atoms with Gasteiger partial charge in [0.15, 0.2) is 0 Å². The number of hydrogen-bond acceptors (Lipinski definition) is 4. The highest BCUT2D eigenvalue weighted by molar-refractivity contribution is 7.12. The van der Waals surface area contributed by atoms with Crippen molar-refractivity contribution in [3.05, 3.63) is 21.9 Å². The van der Waals surface area contributed by atoms with Crippen molar-refractivity contribution >= 4 is 17.3 Å². The third kappa shape index (κ3) is 4.30. The molecule has 0 aliphatic carbocycles. The second-order valence-electron chi connectivity index (χ2n) is 5.45. The van der Waals surface area contributed by atoms with Crippen molar-refractivity contribution in [3.8, 4) is 0 Å². The van der Waals surface area contributed by atoms with Gasteiger partial charge in [-0.3, -0.25) is 4.79 Å². The lowest BCUT2D eigenvalue weighted by Crippen LogP contribution is -2.46. The Bertz CT molecular complexity index is 433. The van der Waals surface area contributed by atoms with Gasteiger partial charge in [0.1, 0.15) is 0 Å².